The Kier molecular flexibility index (Phi) is 36.8. The molecular weight excluding hydrogens is 595 g/mol. The average Bonchev–Trinajstić information content (AvgIpc) is 2.99. The molecule has 0 amide bonds. The predicted octanol–water partition coefficient (Wildman–Crippen LogP) is 11.7. The molecule has 250 valence electrons. The lowest BCUT2D eigenvalue weighted by Gasteiger charge is -2.12. The highest BCUT2D eigenvalue weighted by Crippen LogP contribution is 2.22. The van der Waals surface area contributed by atoms with Gasteiger partial charge in [0.2, 0.25) is 0 Å². The van der Waals surface area contributed by atoms with Crippen molar-refractivity contribution in [3.63, 3.8) is 0 Å². The molecule has 0 bridgehead atoms. The predicted molar refractivity (Wildman–Crippen MR) is 200 cm³/mol. The minimum absolute atomic E-state index is 0.0417. The summed E-state index contributed by atoms with van der Waals surface area (Å²) in [6, 6.07) is 0. The normalized spacial score (nSPS) is 12.2. The monoisotopic (exact) mass is 663 g/mol. The maximum Gasteiger partial charge on any atom is 0.199 e. The van der Waals surface area contributed by atoms with Crippen LogP contribution < -0.4 is 5.73 Å². The summed E-state index contributed by atoms with van der Waals surface area (Å²) in [6.45, 7) is 5.00. The molecule has 0 aliphatic rings. The Bertz CT molecular complexity index is 579. The van der Waals surface area contributed by atoms with Gasteiger partial charge in [-0.3, -0.25) is 9.59 Å². The van der Waals surface area contributed by atoms with Crippen molar-refractivity contribution in [1.29, 1.82) is 0 Å². The number of nitrogens with two attached hydrogens (primary N) is 1. The molecule has 0 aromatic heterocycles. The second kappa shape index (κ2) is 36.2. The van der Waals surface area contributed by atoms with Crippen LogP contribution in [0, 0.1) is 0 Å². The highest BCUT2D eigenvalue weighted by molar-refractivity contribution is 8.19. The molecule has 3 nitrogen and oxygen atoms in total. The van der Waals surface area contributed by atoms with E-state index >= 15 is 0 Å². The Morgan fingerprint density at radius 2 is 0.833 bits per heavy atom. The number of carbonyl (C=O) groups is 2. The van der Waals surface area contributed by atoms with Gasteiger partial charge in [0.25, 0.3) is 0 Å². The molecule has 0 spiro atoms. The summed E-state index contributed by atoms with van der Waals surface area (Å²) in [5.41, 5.74) is 5.91. The second-order valence-electron chi connectivity index (χ2n) is 11.9. The minimum Gasteiger partial charge on any atom is -0.329 e. The van der Waals surface area contributed by atoms with Crippen molar-refractivity contribution in [3.8, 4) is 0 Å². The number of carbonyl (C=O) groups excluding carboxylic acids is 2. The first-order valence-electron chi connectivity index (χ1n) is 17.8. The van der Waals surface area contributed by atoms with Crippen LogP contribution in [-0.4, -0.2) is 50.8 Å². The molecule has 0 heterocycles. The largest absolute Gasteiger partial charge is 0.329 e. The summed E-state index contributed by atoms with van der Waals surface area (Å²) in [5.74, 6) is 3.93. The van der Waals surface area contributed by atoms with Gasteiger partial charge >= 0.3 is 0 Å². The van der Waals surface area contributed by atoms with Gasteiger partial charge in [0.15, 0.2) is 10.2 Å². The molecule has 0 saturated heterocycles. The summed E-state index contributed by atoms with van der Waals surface area (Å²) in [4.78, 5) is 24.7. The van der Waals surface area contributed by atoms with Gasteiger partial charge in [0.05, 0.1) is 11.5 Å². The smallest absolute Gasteiger partial charge is 0.199 e. The number of hydrogen-bond donors (Lipinski definition) is 1. The third-order valence-electron chi connectivity index (χ3n) is 7.72. The van der Waals surface area contributed by atoms with Gasteiger partial charge in [-0.15, -0.1) is 0 Å². The zero-order valence-electron chi connectivity index (χ0n) is 27.8. The third kappa shape index (κ3) is 33.6. The Morgan fingerprint density at radius 3 is 1.19 bits per heavy atom. The molecule has 0 radical (unpaired) electrons. The van der Waals surface area contributed by atoms with Crippen molar-refractivity contribution >= 4 is 57.3 Å². The standard InChI is InChI=1S/C35H69NO2S4/c1-3-5-7-9-11-13-15-17-19-21-23-25-27-39-31-34(37)41-30-33(29-36)42-35(38)32-40-28-26-24-22-20-18-16-14-12-10-8-6-4-2/h33H,3-32,36H2,1-2H3. The lowest BCUT2D eigenvalue weighted by molar-refractivity contribution is -0.109. The molecule has 7 heteroatoms. The summed E-state index contributed by atoms with van der Waals surface area (Å²) in [5, 5.41) is 0.482. The molecule has 0 aliphatic heterocycles. The zero-order chi connectivity index (χ0) is 30.8. The van der Waals surface area contributed by atoms with E-state index < -0.39 is 0 Å². The Hall–Kier alpha value is 0.700. The van der Waals surface area contributed by atoms with E-state index in [-0.39, 0.29) is 15.5 Å². The van der Waals surface area contributed by atoms with Gasteiger partial charge in [0.1, 0.15) is 0 Å². The topological polar surface area (TPSA) is 60.2 Å². The van der Waals surface area contributed by atoms with Gasteiger partial charge in [-0.2, -0.15) is 23.5 Å². The van der Waals surface area contributed by atoms with E-state index in [1.165, 1.54) is 178 Å². The van der Waals surface area contributed by atoms with Crippen LogP contribution in [0.25, 0.3) is 0 Å². The van der Waals surface area contributed by atoms with Crippen molar-refractivity contribution in [2.45, 2.75) is 173 Å². The van der Waals surface area contributed by atoms with Crippen molar-refractivity contribution in [2.75, 3.05) is 35.3 Å². The van der Waals surface area contributed by atoms with Crippen molar-refractivity contribution in [3.05, 3.63) is 0 Å². The summed E-state index contributed by atoms with van der Waals surface area (Å²) in [7, 11) is 0. The van der Waals surface area contributed by atoms with E-state index in [0.29, 0.717) is 23.8 Å². The summed E-state index contributed by atoms with van der Waals surface area (Å²) in [6.07, 6.45) is 32.8. The van der Waals surface area contributed by atoms with E-state index in [4.69, 9.17) is 5.73 Å². The van der Waals surface area contributed by atoms with E-state index in [1.54, 1.807) is 23.5 Å². The Morgan fingerprint density at radius 1 is 0.500 bits per heavy atom. The molecule has 0 fully saturated rings. The first kappa shape index (κ1) is 42.7. The van der Waals surface area contributed by atoms with Crippen molar-refractivity contribution < 1.29 is 9.59 Å². The first-order chi connectivity index (χ1) is 20.6. The third-order valence-corrected chi connectivity index (χ3v) is 12.5. The van der Waals surface area contributed by atoms with Crippen LogP contribution in [0.2, 0.25) is 0 Å². The molecule has 1 unspecified atom stereocenters. The molecule has 42 heavy (non-hydrogen) atoms. The number of unbranched alkanes of at least 4 members (excludes halogenated alkanes) is 22. The molecule has 2 N–H and O–H groups in total. The first-order valence-corrected chi connectivity index (χ1v) is 22.0. The van der Waals surface area contributed by atoms with E-state index in [0.717, 1.165) is 11.5 Å². The van der Waals surface area contributed by atoms with Crippen LogP contribution in [0.5, 0.6) is 0 Å². The highest BCUT2D eigenvalue weighted by Gasteiger charge is 2.15. The van der Waals surface area contributed by atoms with Crippen molar-refractivity contribution in [2.24, 2.45) is 5.73 Å². The molecule has 0 aromatic rings. The number of hydrogen-bond acceptors (Lipinski definition) is 7. The van der Waals surface area contributed by atoms with Gasteiger partial charge in [-0.05, 0) is 24.3 Å². The van der Waals surface area contributed by atoms with Crippen molar-refractivity contribution in [1.82, 2.24) is 0 Å². The van der Waals surface area contributed by atoms with Crippen LogP contribution in [-0.2, 0) is 9.59 Å². The van der Waals surface area contributed by atoms with Crippen LogP contribution in [0.3, 0.4) is 0 Å². The molecule has 0 saturated carbocycles. The summed E-state index contributed by atoms with van der Waals surface area (Å²) >= 11 is 6.24. The fraction of sp³-hybridized carbons (Fsp3) is 0.943. The van der Waals surface area contributed by atoms with E-state index in [1.807, 2.05) is 0 Å². The molecule has 0 aromatic carbocycles. The lowest BCUT2D eigenvalue weighted by atomic mass is 10.1. The zero-order valence-corrected chi connectivity index (χ0v) is 31.1. The lowest BCUT2D eigenvalue weighted by Crippen LogP contribution is -2.22. The maximum atomic E-state index is 12.4. The summed E-state index contributed by atoms with van der Waals surface area (Å²) < 4.78 is 0. The van der Waals surface area contributed by atoms with Crippen LogP contribution in [0.4, 0.5) is 0 Å². The number of thioether (sulfide) groups is 4. The van der Waals surface area contributed by atoms with Gasteiger partial charge in [-0.1, -0.05) is 179 Å². The molecule has 0 aliphatic carbocycles. The Balaban J connectivity index is 3.51. The fourth-order valence-electron chi connectivity index (χ4n) is 5.00. The molecule has 0 rings (SSSR count). The average molecular weight is 664 g/mol. The molecule has 1 atom stereocenters. The minimum atomic E-state index is 0.0417. The van der Waals surface area contributed by atoms with Crippen LogP contribution >= 0.6 is 47.0 Å². The fourth-order valence-corrected chi connectivity index (χ4v) is 9.00. The quantitative estimate of drug-likeness (QED) is 0.0687. The molecular formula is C35H69NO2S4. The van der Waals surface area contributed by atoms with Crippen LogP contribution in [0.1, 0.15) is 168 Å². The van der Waals surface area contributed by atoms with Gasteiger partial charge in [-0.25, -0.2) is 0 Å². The highest BCUT2D eigenvalue weighted by atomic mass is 32.2. The maximum absolute atomic E-state index is 12.4. The van der Waals surface area contributed by atoms with Crippen LogP contribution in [0.15, 0.2) is 0 Å². The van der Waals surface area contributed by atoms with E-state index in [9.17, 15) is 9.59 Å². The Labute approximate surface area is 279 Å². The van der Waals surface area contributed by atoms with Gasteiger partial charge in [0, 0.05) is 17.5 Å². The van der Waals surface area contributed by atoms with E-state index in [2.05, 4.69) is 13.8 Å². The van der Waals surface area contributed by atoms with Gasteiger partial charge < -0.3 is 5.73 Å². The number of rotatable bonds is 34. The SMILES string of the molecule is CCCCCCCCCCCCCCSCC(=O)SCC(CN)SC(=O)CSCCCCCCCCCCCCCC. The second-order valence-corrected chi connectivity index (χ2v) is 16.6.